The van der Waals surface area contributed by atoms with E-state index in [1.165, 1.54) is 6.20 Å². The molecule has 0 atom stereocenters. The molecule has 18 heavy (non-hydrogen) atoms. The van der Waals surface area contributed by atoms with Gasteiger partial charge < -0.3 is 9.15 Å². The first-order valence-corrected chi connectivity index (χ1v) is 5.70. The fourth-order valence-corrected chi connectivity index (χ4v) is 1.83. The van der Waals surface area contributed by atoms with E-state index >= 15 is 0 Å². The van der Waals surface area contributed by atoms with Crippen LogP contribution >= 0.6 is 11.6 Å². The Bertz CT molecular complexity index is 709. The molecule has 3 aromatic rings. The second-order valence-corrected chi connectivity index (χ2v) is 4.17. The predicted octanol–water partition coefficient (Wildman–Crippen LogP) is 3.55. The highest BCUT2D eigenvalue weighted by Crippen LogP contribution is 2.26. The number of aromatic nitrogens is 2. The van der Waals surface area contributed by atoms with Gasteiger partial charge in [-0.05, 0) is 24.3 Å². The normalized spacial score (nSPS) is 10.8. The van der Waals surface area contributed by atoms with E-state index in [0.717, 1.165) is 11.3 Å². The minimum Gasteiger partial charge on any atom is -0.497 e. The van der Waals surface area contributed by atoms with Crippen LogP contribution in [0.15, 0.2) is 40.9 Å². The zero-order valence-corrected chi connectivity index (χ0v) is 10.3. The maximum atomic E-state index is 5.86. The first-order chi connectivity index (χ1) is 8.76. The fraction of sp³-hybridized carbons (Fsp3) is 0.0769. The van der Waals surface area contributed by atoms with Crippen molar-refractivity contribution in [3.8, 4) is 17.2 Å². The Hall–Kier alpha value is -2.07. The molecule has 0 N–H and O–H groups in total. The maximum Gasteiger partial charge on any atom is 0.247 e. The molecule has 2 aromatic heterocycles. The minimum absolute atomic E-state index is 0.470. The van der Waals surface area contributed by atoms with E-state index in [9.17, 15) is 0 Å². The van der Waals surface area contributed by atoms with Gasteiger partial charge in [-0.25, -0.2) is 9.97 Å². The zero-order chi connectivity index (χ0) is 12.5. The molecule has 0 aliphatic carbocycles. The van der Waals surface area contributed by atoms with E-state index < -0.39 is 0 Å². The van der Waals surface area contributed by atoms with E-state index in [-0.39, 0.29) is 0 Å². The smallest absolute Gasteiger partial charge is 0.247 e. The lowest BCUT2D eigenvalue weighted by molar-refractivity contribution is 0.415. The molecule has 1 aromatic carbocycles. The number of benzene rings is 1. The van der Waals surface area contributed by atoms with Gasteiger partial charge in [0.15, 0.2) is 0 Å². The van der Waals surface area contributed by atoms with Gasteiger partial charge in [0.2, 0.25) is 11.6 Å². The number of methoxy groups -OCH3 is 1. The topological polar surface area (TPSA) is 48.2 Å². The highest BCUT2D eigenvalue weighted by Gasteiger charge is 2.10. The average Bonchev–Trinajstić information content (AvgIpc) is 2.81. The molecule has 0 bridgehead atoms. The van der Waals surface area contributed by atoms with Crippen molar-refractivity contribution in [3.05, 3.63) is 41.6 Å². The Labute approximate surface area is 108 Å². The number of ether oxygens (including phenoxy) is 1. The van der Waals surface area contributed by atoms with Crippen LogP contribution in [0.2, 0.25) is 5.02 Å². The first kappa shape index (κ1) is 11.0. The molecule has 0 amide bonds. The zero-order valence-electron chi connectivity index (χ0n) is 9.55. The van der Waals surface area contributed by atoms with E-state index in [0.29, 0.717) is 22.1 Å². The van der Waals surface area contributed by atoms with Crippen molar-refractivity contribution in [2.75, 3.05) is 7.11 Å². The molecule has 90 valence electrons. The first-order valence-electron chi connectivity index (χ1n) is 5.33. The lowest BCUT2D eigenvalue weighted by Crippen LogP contribution is -1.83. The summed E-state index contributed by atoms with van der Waals surface area (Å²) in [6.45, 7) is 0. The summed E-state index contributed by atoms with van der Waals surface area (Å²) < 4.78 is 10.7. The molecule has 0 radical (unpaired) electrons. The summed E-state index contributed by atoms with van der Waals surface area (Å²) in [6.07, 6.45) is 1.53. The third-order valence-electron chi connectivity index (χ3n) is 2.53. The molecule has 0 fully saturated rings. The number of oxazole rings is 1. The molecule has 0 aliphatic rings. The van der Waals surface area contributed by atoms with E-state index in [4.69, 9.17) is 20.8 Å². The number of nitrogens with zero attached hydrogens (tertiary/aromatic N) is 2. The van der Waals surface area contributed by atoms with Gasteiger partial charge >= 0.3 is 0 Å². The maximum absolute atomic E-state index is 5.86. The number of rotatable bonds is 2. The van der Waals surface area contributed by atoms with Crippen molar-refractivity contribution < 1.29 is 9.15 Å². The van der Waals surface area contributed by atoms with Crippen LogP contribution in [-0.4, -0.2) is 17.1 Å². The van der Waals surface area contributed by atoms with Crippen molar-refractivity contribution in [1.29, 1.82) is 0 Å². The number of fused-ring (bicyclic) bond motifs is 1. The average molecular weight is 261 g/mol. The van der Waals surface area contributed by atoms with E-state index in [2.05, 4.69) is 9.97 Å². The monoisotopic (exact) mass is 260 g/mol. The molecular weight excluding hydrogens is 252 g/mol. The third kappa shape index (κ3) is 1.91. The molecule has 4 nitrogen and oxygen atoms in total. The van der Waals surface area contributed by atoms with Crippen molar-refractivity contribution in [3.63, 3.8) is 0 Å². The van der Waals surface area contributed by atoms with Crippen LogP contribution in [0.5, 0.6) is 5.75 Å². The Balaban J connectivity index is 2.13. The largest absolute Gasteiger partial charge is 0.497 e. The second-order valence-electron chi connectivity index (χ2n) is 3.73. The Morgan fingerprint density at radius 2 is 2.17 bits per heavy atom. The Morgan fingerprint density at radius 3 is 3.00 bits per heavy atom. The van der Waals surface area contributed by atoms with Gasteiger partial charge in [0.05, 0.1) is 12.1 Å². The highest BCUT2D eigenvalue weighted by molar-refractivity contribution is 6.30. The van der Waals surface area contributed by atoms with Crippen molar-refractivity contribution in [1.82, 2.24) is 9.97 Å². The molecule has 5 heteroatoms. The molecule has 0 saturated carbocycles. The van der Waals surface area contributed by atoms with Crippen molar-refractivity contribution in [2.24, 2.45) is 0 Å². The van der Waals surface area contributed by atoms with Gasteiger partial charge in [0, 0.05) is 11.8 Å². The molecule has 0 spiro atoms. The molecule has 2 heterocycles. The summed E-state index contributed by atoms with van der Waals surface area (Å²) in [5.41, 5.74) is 1.95. The van der Waals surface area contributed by atoms with E-state index in [1.54, 1.807) is 13.2 Å². The number of pyridine rings is 1. The summed E-state index contributed by atoms with van der Waals surface area (Å²) in [6, 6.07) is 9.21. The van der Waals surface area contributed by atoms with Gasteiger partial charge in [0.25, 0.3) is 0 Å². The van der Waals surface area contributed by atoms with E-state index in [1.807, 2.05) is 24.3 Å². The van der Waals surface area contributed by atoms with Crippen LogP contribution in [-0.2, 0) is 0 Å². The van der Waals surface area contributed by atoms with Gasteiger partial charge in [-0.2, -0.15) is 0 Å². The van der Waals surface area contributed by atoms with Crippen LogP contribution in [0.1, 0.15) is 0 Å². The molecule has 0 unspecified atom stereocenters. The summed E-state index contributed by atoms with van der Waals surface area (Å²) in [5.74, 6) is 1.25. The number of hydrogen-bond donors (Lipinski definition) is 0. The summed E-state index contributed by atoms with van der Waals surface area (Å²) in [7, 11) is 1.62. The fourth-order valence-electron chi connectivity index (χ4n) is 1.68. The Morgan fingerprint density at radius 1 is 1.28 bits per heavy atom. The molecule has 3 rings (SSSR count). The summed E-state index contributed by atoms with van der Waals surface area (Å²) >= 11 is 5.86. The summed E-state index contributed by atoms with van der Waals surface area (Å²) in [5, 5.41) is 0.535. The highest BCUT2D eigenvalue weighted by atomic mass is 35.5. The lowest BCUT2D eigenvalue weighted by Gasteiger charge is -2.00. The minimum atomic E-state index is 0.470. The lowest BCUT2D eigenvalue weighted by atomic mass is 10.2. The third-order valence-corrected chi connectivity index (χ3v) is 2.74. The number of halogens is 1. The predicted molar refractivity (Wildman–Crippen MR) is 68.8 cm³/mol. The summed E-state index contributed by atoms with van der Waals surface area (Å²) in [4.78, 5) is 8.43. The van der Waals surface area contributed by atoms with Crippen LogP contribution < -0.4 is 4.74 Å². The van der Waals surface area contributed by atoms with Crippen molar-refractivity contribution >= 4 is 22.8 Å². The SMILES string of the molecule is COc1cccc(-c2nc3cc(Cl)cnc3o2)c1. The van der Waals surface area contributed by atoms with Gasteiger partial charge in [-0.3, -0.25) is 0 Å². The second kappa shape index (κ2) is 4.31. The number of hydrogen-bond acceptors (Lipinski definition) is 4. The van der Waals surface area contributed by atoms with Crippen LogP contribution in [0.3, 0.4) is 0 Å². The quantitative estimate of drug-likeness (QED) is 0.707. The van der Waals surface area contributed by atoms with Crippen molar-refractivity contribution in [2.45, 2.75) is 0 Å². The van der Waals surface area contributed by atoms with Gasteiger partial charge in [-0.1, -0.05) is 17.7 Å². The molecular formula is C13H9ClN2O2. The Kier molecular flexibility index (Phi) is 2.64. The van der Waals surface area contributed by atoms with Gasteiger partial charge in [-0.15, -0.1) is 0 Å². The molecule has 0 saturated heterocycles. The van der Waals surface area contributed by atoms with Gasteiger partial charge in [0.1, 0.15) is 11.3 Å². The van der Waals surface area contributed by atoms with Crippen LogP contribution in [0.25, 0.3) is 22.7 Å². The standard InChI is InChI=1S/C13H9ClN2O2/c1-17-10-4-2-3-8(5-10)12-16-11-6-9(14)7-15-13(11)18-12/h2-7H,1H3. The molecule has 0 aliphatic heterocycles. The van der Waals surface area contributed by atoms with Crippen LogP contribution in [0.4, 0.5) is 0 Å². The van der Waals surface area contributed by atoms with Crippen LogP contribution in [0, 0.1) is 0 Å².